The van der Waals surface area contributed by atoms with Gasteiger partial charge in [0.05, 0.1) is 0 Å². The van der Waals surface area contributed by atoms with Gasteiger partial charge in [-0.3, -0.25) is 4.98 Å². The first-order valence-corrected chi connectivity index (χ1v) is 4.46. The third-order valence-electron chi connectivity index (χ3n) is 1.60. The van der Waals surface area contributed by atoms with E-state index in [2.05, 4.69) is 11.6 Å². The SMILES string of the molecule is C=Cc1ccccc1.S.c1ccncc1. The second kappa shape index (κ2) is 9.03. The maximum absolute atomic E-state index is 3.78. The summed E-state index contributed by atoms with van der Waals surface area (Å²) in [5, 5.41) is 0. The van der Waals surface area contributed by atoms with Crippen LogP contribution in [0.3, 0.4) is 0 Å². The van der Waals surface area contributed by atoms with Crippen LogP contribution in [0.4, 0.5) is 0 Å². The Kier molecular flexibility index (Phi) is 8.10. The number of benzene rings is 1. The van der Waals surface area contributed by atoms with E-state index in [-0.39, 0.29) is 13.5 Å². The first kappa shape index (κ1) is 13.5. The summed E-state index contributed by atoms with van der Waals surface area (Å²) in [7, 11) is 0. The second-order valence-electron chi connectivity index (χ2n) is 2.64. The van der Waals surface area contributed by atoms with E-state index in [0.29, 0.717) is 0 Å². The van der Waals surface area contributed by atoms with Gasteiger partial charge in [-0.15, -0.1) is 0 Å². The minimum atomic E-state index is 0. The third-order valence-corrected chi connectivity index (χ3v) is 1.60. The monoisotopic (exact) mass is 217 g/mol. The molecule has 0 N–H and O–H groups in total. The number of hydrogen-bond acceptors (Lipinski definition) is 1. The lowest BCUT2D eigenvalue weighted by atomic mass is 10.2. The van der Waals surface area contributed by atoms with E-state index in [9.17, 15) is 0 Å². The molecule has 78 valence electrons. The molecule has 0 unspecified atom stereocenters. The maximum Gasteiger partial charge on any atom is 0.0267 e. The second-order valence-corrected chi connectivity index (χ2v) is 2.64. The fourth-order valence-corrected chi connectivity index (χ4v) is 0.902. The fraction of sp³-hybridized carbons (Fsp3) is 0. The Morgan fingerprint density at radius 1 is 0.867 bits per heavy atom. The van der Waals surface area contributed by atoms with Gasteiger partial charge in [0.15, 0.2) is 0 Å². The zero-order chi connectivity index (χ0) is 10.1. The van der Waals surface area contributed by atoms with Crippen LogP contribution in [0.15, 0.2) is 67.5 Å². The summed E-state index contributed by atoms with van der Waals surface area (Å²) in [6.07, 6.45) is 5.33. The molecule has 0 saturated carbocycles. The average Bonchev–Trinajstić information content (AvgIpc) is 2.33. The van der Waals surface area contributed by atoms with Gasteiger partial charge in [0, 0.05) is 12.4 Å². The van der Waals surface area contributed by atoms with Gasteiger partial charge in [-0.25, -0.2) is 0 Å². The predicted molar refractivity (Wildman–Crippen MR) is 71.2 cm³/mol. The van der Waals surface area contributed by atoms with E-state index < -0.39 is 0 Å². The van der Waals surface area contributed by atoms with Crippen molar-refractivity contribution in [3.8, 4) is 0 Å². The van der Waals surface area contributed by atoms with Crippen molar-refractivity contribution in [2.24, 2.45) is 0 Å². The van der Waals surface area contributed by atoms with Gasteiger partial charge in [-0.2, -0.15) is 13.5 Å². The molecule has 2 rings (SSSR count). The Bertz CT molecular complexity index is 319. The van der Waals surface area contributed by atoms with Crippen molar-refractivity contribution >= 4 is 19.6 Å². The zero-order valence-corrected chi connectivity index (χ0v) is 9.51. The van der Waals surface area contributed by atoms with Gasteiger partial charge < -0.3 is 0 Å². The molecule has 1 heterocycles. The molecule has 1 nitrogen and oxygen atoms in total. The van der Waals surface area contributed by atoms with E-state index in [1.807, 2.05) is 54.6 Å². The number of nitrogens with zero attached hydrogens (tertiary/aromatic N) is 1. The summed E-state index contributed by atoms with van der Waals surface area (Å²) in [6.45, 7) is 3.63. The lowest BCUT2D eigenvalue weighted by Gasteiger charge is -1.85. The molecule has 0 bridgehead atoms. The van der Waals surface area contributed by atoms with Gasteiger partial charge in [0.25, 0.3) is 0 Å². The molecule has 1 aromatic carbocycles. The Morgan fingerprint density at radius 3 is 1.67 bits per heavy atom. The van der Waals surface area contributed by atoms with Crippen LogP contribution in [-0.2, 0) is 0 Å². The smallest absolute Gasteiger partial charge is 0.0267 e. The zero-order valence-electron chi connectivity index (χ0n) is 8.51. The van der Waals surface area contributed by atoms with Crippen LogP contribution in [0.2, 0.25) is 0 Å². The van der Waals surface area contributed by atoms with Crippen molar-refractivity contribution < 1.29 is 0 Å². The Morgan fingerprint density at radius 2 is 1.40 bits per heavy atom. The third kappa shape index (κ3) is 6.52. The van der Waals surface area contributed by atoms with Gasteiger partial charge in [0.1, 0.15) is 0 Å². The van der Waals surface area contributed by atoms with Crippen LogP contribution in [0.25, 0.3) is 6.08 Å². The molecular weight excluding hydrogens is 202 g/mol. The lowest BCUT2D eigenvalue weighted by molar-refractivity contribution is 1.33. The summed E-state index contributed by atoms with van der Waals surface area (Å²) >= 11 is 0. The standard InChI is InChI=1S/C8H8.C5H5N.H2S/c1-2-8-6-4-3-5-7-8;1-2-4-6-5-3-1;/h2-7H,1H2;1-5H;1H2. The molecular formula is C13H15NS. The quantitative estimate of drug-likeness (QED) is 0.712. The normalized spacial score (nSPS) is 7.73. The van der Waals surface area contributed by atoms with Crippen LogP contribution in [0.5, 0.6) is 0 Å². The molecule has 15 heavy (non-hydrogen) atoms. The first-order valence-electron chi connectivity index (χ1n) is 4.46. The molecule has 0 aliphatic heterocycles. The highest BCUT2D eigenvalue weighted by molar-refractivity contribution is 7.59. The molecule has 0 spiro atoms. The molecule has 2 heteroatoms. The number of rotatable bonds is 1. The van der Waals surface area contributed by atoms with Crippen molar-refractivity contribution in [3.05, 3.63) is 73.1 Å². The van der Waals surface area contributed by atoms with E-state index in [1.165, 1.54) is 5.56 Å². The number of pyridine rings is 1. The molecule has 2 aromatic rings. The van der Waals surface area contributed by atoms with E-state index in [1.54, 1.807) is 12.4 Å². The molecule has 1 aromatic heterocycles. The van der Waals surface area contributed by atoms with Crippen molar-refractivity contribution in [2.75, 3.05) is 0 Å². The summed E-state index contributed by atoms with van der Waals surface area (Å²) < 4.78 is 0. The Labute approximate surface area is 97.9 Å². The Hall–Kier alpha value is -1.54. The highest BCUT2D eigenvalue weighted by atomic mass is 32.1. The molecule has 0 radical (unpaired) electrons. The summed E-state index contributed by atoms with van der Waals surface area (Å²) in [6, 6.07) is 15.7. The van der Waals surface area contributed by atoms with Crippen molar-refractivity contribution in [2.45, 2.75) is 0 Å². The minimum absolute atomic E-state index is 0. The van der Waals surface area contributed by atoms with Crippen LogP contribution < -0.4 is 0 Å². The van der Waals surface area contributed by atoms with Gasteiger partial charge in [-0.05, 0) is 17.7 Å². The van der Waals surface area contributed by atoms with Crippen LogP contribution in [0.1, 0.15) is 5.56 Å². The van der Waals surface area contributed by atoms with E-state index in [4.69, 9.17) is 0 Å². The summed E-state index contributed by atoms with van der Waals surface area (Å²) in [4.78, 5) is 3.78. The van der Waals surface area contributed by atoms with Crippen molar-refractivity contribution in [1.29, 1.82) is 0 Å². The highest BCUT2D eigenvalue weighted by Gasteiger charge is 1.75. The molecule has 0 fully saturated rings. The fourth-order valence-electron chi connectivity index (χ4n) is 0.902. The molecule has 0 atom stereocenters. The lowest BCUT2D eigenvalue weighted by Crippen LogP contribution is -1.63. The molecule has 0 amide bonds. The number of aromatic nitrogens is 1. The van der Waals surface area contributed by atoms with E-state index in [0.717, 1.165) is 0 Å². The first-order chi connectivity index (χ1) is 6.93. The highest BCUT2D eigenvalue weighted by Crippen LogP contribution is 1.97. The van der Waals surface area contributed by atoms with Crippen LogP contribution >= 0.6 is 13.5 Å². The van der Waals surface area contributed by atoms with Gasteiger partial charge >= 0.3 is 0 Å². The van der Waals surface area contributed by atoms with Crippen LogP contribution in [-0.4, -0.2) is 4.98 Å². The van der Waals surface area contributed by atoms with Crippen LogP contribution in [0, 0.1) is 0 Å². The Balaban J connectivity index is 0.000000253. The average molecular weight is 217 g/mol. The van der Waals surface area contributed by atoms with E-state index >= 15 is 0 Å². The van der Waals surface area contributed by atoms with Gasteiger partial charge in [-0.1, -0.05) is 49.1 Å². The molecule has 0 aliphatic rings. The largest absolute Gasteiger partial charge is 0.265 e. The van der Waals surface area contributed by atoms with Crippen molar-refractivity contribution in [3.63, 3.8) is 0 Å². The maximum atomic E-state index is 3.78. The van der Waals surface area contributed by atoms with Gasteiger partial charge in [0.2, 0.25) is 0 Å². The van der Waals surface area contributed by atoms with Crippen molar-refractivity contribution in [1.82, 2.24) is 4.98 Å². The number of hydrogen-bond donors (Lipinski definition) is 0. The predicted octanol–water partition coefficient (Wildman–Crippen LogP) is 3.52. The minimum Gasteiger partial charge on any atom is -0.265 e. The summed E-state index contributed by atoms with van der Waals surface area (Å²) in [5.74, 6) is 0. The summed E-state index contributed by atoms with van der Waals surface area (Å²) in [5.41, 5.74) is 1.17. The molecule has 0 aliphatic carbocycles. The topological polar surface area (TPSA) is 12.9 Å². The molecule has 0 saturated heterocycles.